The summed E-state index contributed by atoms with van der Waals surface area (Å²) in [6.07, 6.45) is 131. The summed E-state index contributed by atoms with van der Waals surface area (Å²) in [7, 11) is -4.43. The van der Waals surface area contributed by atoms with Crippen molar-refractivity contribution in [3.05, 3.63) is 243 Å². The second-order valence-electron chi connectivity index (χ2n) is 25.1. The number of carbonyl (C=O) groups excluding carboxylic acids is 2. The summed E-state index contributed by atoms with van der Waals surface area (Å²) in [5.74, 6) is -0.891. The topological polar surface area (TPSA) is 134 Å². The van der Waals surface area contributed by atoms with Crippen LogP contribution in [0.2, 0.25) is 0 Å². The Balaban J connectivity index is 3.99. The highest BCUT2D eigenvalue weighted by molar-refractivity contribution is 7.47. The van der Waals surface area contributed by atoms with Crippen molar-refractivity contribution < 1.29 is 37.6 Å². The maximum Gasteiger partial charge on any atom is 0.472 e. The van der Waals surface area contributed by atoms with Gasteiger partial charge < -0.3 is 20.1 Å². The summed E-state index contributed by atoms with van der Waals surface area (Å²) >= 11 is 0. The van der Waals surface area contributed by atoms with Gasteiger partial charge in [0.1, 0.15) is 6.61 Å². The van der Waals surface area contributed by atoms with Gasteiger partial charge in [0.05, 0.1) is 13.2 Å². The normalized spacial score (nSPS) is 14.2. The van der Waals surface area contributed by atoms with Gasteiger partial charge in [0.25, 0.3) is 0 Å². The Hall–Kier alpha value is -6.19. The number of unbranched alkanes of at least 4 members (excludes halogenated alkanes) is 18. The summed E-state index contributed by atoms with van der Waals surface area (Å²) in [4.78, 5) is 35.4. The average Bonchev–Trinajstić information content (AvgIpc) is 1.01. The lowest BCUT2D eigenvalue weighted by Gasteiger charge is -2.19. The highest BCUT2D eigenvalue weighted by atomic mass is 31.2. The highest BCUT2D eigenvalue weighted by Gasteiger charge is 2.26. The van der Waals surface area contributed by atoms with Gasteiger partial charge in [0.15, 0.2) is 6.10 Å². The molecule has 10 heteroatoms. The number of phosphoric ester groups is 1. The fourth-order valence-corrected chi connectivity index (χ4v) is 10.8. The first-order chi connectivity index (χ1) is 49.8. The van der Waals surface area contributed by atoms with E-state index < -0.39 is 32.5 Å². The van der Waals surface area contributed by atoms with E-state index in [0.29, 0.717) is 12.8 Å². The second-order valence-corrected chi connectivity index (χ2v) is 26.6. The van der Waals surface area contributed by atoms with Gasteiger partial charge in [-0.25, -0.2) is 4.57 Å². The first-order valence-corrected chi connectivity index (χ1v) is 41.0. The number of hydrogen-bond acceptors (Lipinski definition) is 8. The molecule has 2 unspecified atom stereocenters. The number of rotatable bonds is 71. The molecule has 9 nitrogen and oxygen atoms in total. The number of nitrogens with two attached hydrogens (primary N) is 1. The van der Waals surface area contributed by atoms with Gasteiger partial charge >= 0.3 is 19.8 Å². The minimum Gasteiger partial charge on any atom is -0.462 e. The van der Waals surface area contributed by atoms with Crippen LogP contribution in [0.3, 0.4) is 0 Å². The maximum atomic E-state index is 12.8. The Labute approximate surface area is 618 Å². The predicted octanol–water partition coefficient (Wildman–Crippen LogP) is 27.1. The minimum atomic E-state index is -4.43. The van der Waals surface area contributed by atoms with Crippen LogP contribution in [0.1, 0.15) is 284 Å². The van der Waals surface area contributed by atoms with E-state index in [-0.39, 0.29) is 32.6 Å². The summed E-state index contributed by atoms with van der Waals surface area (Å²) < 4.78 is 33.2. The van der Waals surface area contributed by atoms with Crippen LogP contribution in [0.4, 0.5) is 0 Å². The summed E-state index contributed by atoms with van der Waals surface area (Å²) in [5, 5.41) is 0. The van der Waals surface area contributed by atoms with E-state index in [2.05, 4.69) is 257 Å². The van der Waals surface area contributed by atoms with E-state index in [1.54, 1.807) is 0 Å². The van der Waals surface area contributed by atoms with E-state index in [9.17, 15) is 19.0 Å². The molecule has 564 valence electrons. The molecule has 0 heterocycles. The second kappa shape index (κ2) is 82.8. The van der Waals surface area contributed by atoms with Crippen LogP contribution in [-0.4, -0.2) is 49.3 Å². The van der Waals surface area contributed by atoms with Crippen molar-refractivity contribution in [2.24, 2.45) is 5.73 Å². The lowest BCUT2D eigenvalue weighted by Crippen LogP contribution is -2.29. The van der Waals surface area contributed by atoms with Gasteiger partial charge in [0.2, 0.25) is 0 Å². The molecule has 0 saturated heterocycles. The molecule has 0 aliphatic heterocycles. The number of hydrogen-bond donors (Lipinski definition) is 2. The van der Waals surface area contributed by atoms with E-state index in [1.165, 1.54) is 83.5 Å². The van der Waals surface area contributed by atoms with Gasteiger partial charge in [-0.05, 0) is 167 Å². The number of ether oxygens (including phenoxy) is 2. The Kier molecular flexibility index (Phi) is 77.7. The summed E-state index contributed by atoms with van der Waals surface area (Å²) in [6, 6.07) is 0. The van der Waals surface area contributed by atoms with E-state index in [4.69, 9.17) is 24.3 Å². The van der Waals surface area contributed by atoms with Gasteiger partial charge in [-0.15, -0.1) is 0 Å². The quantitative estimate of drug-likeness (QED) is 0.0264. The molecule has 2 atom stereocenters. The molecule has 0 aliphatic carbocycles. The monoisotopic (exact) mass is 1410 g/mol. The smallest absolute Gasteiger partial charge is 0.462 e. The largest absolute Gasteiger partial charge is 0.472 e. The lowest BCUT2D eigenvalue weighted by atomic mass is 10.0. The Morgan fingerprint density at radius 2 is 0.515 bits per heavy atom. The van der Waals surface area contributed by atoms with Gasteiger partial charge in [-0.3, -0.25) is 18.6 Å². The molecule has 0 rings (SSSR count). The lowest BCUT2D eigenvalue weighted by molar-refractivity contribution is -0.161. The zero-order valence-corrected chi connectivity index (χ0v) is 64.4. The Morgan fingerprint density at radius 1 is 0.297 bits per heavy atom. The summed E-state index contributed by atoms with van der Waals surface area (Å²) in [6.45, 7) is 3.45. The van der Waals surface area contributed by atoms with Crippen LogP contribution in [0.25, 0.3) is 0 Å². The molecule has 0 aromatic heterocycles. The van der Waals surface area contributed by atoms with Crippen LogP contribution >= 0.6 is 7.82 Å². The average molecular weight is 1410 g/mol. The maximum absolute atomic E-state index is 12.8. The van der Waals surface area contributed by atoms with Crippen molar-refractivity contribution in [1.82, 2.24) is 0 Å². The molecule has 0 aromatic rings. The molecule has 0 fully saturated rings. The summed E-state index contributed by atoms with van der Waals surface area (Å²) in [5.41, 5.74) is 5.41. The molecule has 0 aliphatic rings. The predicted molar refractivity (Wildman–Crippen MR) is 440 cm³/mol. The highest BCUT2D eigenvalue weighted by Crippen LogP contribution is 2.43. The third-order valence-electron chi connectivity index (χ3n) is 15.7. The zero-order valence-electron chi connectivity index (χ0n) is 63.5. The molecular formula is C91H142NO8P. The van der Waals surface area contributed by atoms with E-state index in [1.807, 2.05) is 0 Å². The van der Waals surface area contributed by atoms with Crippen LogP contribution in [-0.2, 0) is 32.7 Å². The molecule has 0 saturated carbocycles. The zero-order chi connectivity index (χ0) is 72.9. The minimum absolute atomic E-state index is 0.0348. The van der Waals surface area contributed by atoms with Crippen molar-refractivity contribution in [2.75, 3.05) is 26.4 Å². The SMILES string of the molecule is CC/C=C\C/C=C\C/C=C\C/C=C\C/C=C\C/C=C\C/C=C\C/C=C\C/C=C\C/C=C\C/C=C\C/C=C\CCCCC(=O)OC(COC(=O)CCCCCCCCCCCCCCCCCC/C=C\C/C=C\C/C=C\C/C=C\C/C=C\C/C=C\C/C=C\C/C=C\CC)COP(=O)(O)OCCN. The third-order valence-corrected chi connectivity index (χ3v) is 16.7. The molecule has 0 amide bonds. The standard InChI is InChI=1S/C91H142NO8P/c1-3-5-7-9-11-13-15-17-19-21-23-25-27-29-31-33-35-37-39-41-43-44-46-47-49-51-53-55-57-59-61-63-65-67-69-71-73-75-77-79-81-83-90(93)97-87-89(88-99-101(95,96)98-86-85-92)100-91(94)84-82-80-78-76-74-72-70-68-66-64-62-60-58-56-54-52-50-48-45-42-40-38-36-34-32-30-28-26-24-22-20-18-16-14-12-10-8-6-4-2/h5-8,11-14,17-20,23-26,29-32,35-38,41-43,45-47,50,52,56,58,62,64,68,70,74,76,89H,3-4,9-10,15-16,21-22,27-28,33-34,39-40,44,48-49,51,53-55,57,59-61,63,65-67,69,71-73,75,77-88,92H2,1-2H3,(H,95,96)/b7-5-,8-6-,13-11-,14-12-,19-17-,20-18-,25-23-,26-24-,31-29-,32-30-,37-35-,38-36-,43-41-,45-42-,47-46-,52-50-,58-56-,64-62-,70-68-,76-74-. The van der Waals surface area contributed by atoms with Crippen molar-refractivity contribution in [3.63, 3.8) is 0 Å². The van der Waals surface area contributed by atoms with Crippen molar-refractivity contribution >= 4 is 19.8 Å². The van der Waals surface area contributed by atoms with Crippen LogP contribution in [0, 0.1) is 0 Å². The fraction of sp³-hybridized carbons (Fsp3) is 0.538. The van der Waals surface area contributed by atoms with E-state index in [0.717, 1.165) is 161 Å². The van der Waals surface area contributed by atoms with Gasteiger partial charge in [-0.1, -0.05) is 347 Å². The van der Waals surface area contributed by atoms with Crippen LogP contribution in [0.15, 0.2) is 243 Å². The van der Waals surface area contributed by atoms with Gasteiger partial charge in [0, 0.05) is 19.4 Å². The van der Waals surface area contributed by atoms with Crippen molar-refractivity contribution in [3.8, 4) is 0 Å². The first kappa shape index (κ1) is 94.8. The Bertz CT molecular complexity index is 2570. The van der Waals surface area contributed by atoms with Crippen LogP contribution < -0.4 is 5.73 Å². The molecule has 0 spiro atoms. The molecule has 0 radical (unpaired) electrons. The number of esters is 2. The Morgan fingerprint density at radius 3 is 0.782 bits per heavy atom. The van der Waals surface area contributed by atoms with Crippen molar-refractivity contribution in [2.45, 2.75) is 290 Å². The third kappa shape index (κ3) is 82.7. The number of allylic oxidation sites excluding steroid dienone is 40. The fourth-order valence-electron chi connectivity index (χ4n) is 9.99. The number of carbonyl (C=O) groups is 2. The van der Waals surface area contributed by atoms with Crippen molar-refractivity contribution in [1.29, 1.82) is 0 Å². The number of phosphoric acid groups is 1. The van der Waals surface area contributed by atoms with Crippen LogP contribution in [0.5, 0.6) is 0 Å². The van der Waals surface area contributed by atoms with E-state index >= 15 is 0 Å². The molecule has 0 bridgehead atoms. The molecule has 3 N–H and O–H groups in total. The molecule has 0 aromatic carbocycles. The first-order valence-electron chi connectivity index (χ1n) is 39.5. The molecule has 101 heavy (non-hydrogen) atoms. The molecular weight excluding hydrogens is 1270 g/mol. The van der Waals surface area contributed by atoms with Gasteiger partial charge in [-0.2, -0.15) is 0 Å².